The van der Waals surface area contributed by atoms with Gasteiger partial charge >= 0.3 is 28.7 Å². The normalized spacial score (nSPS) is 12.6. The highest BCUT2D eigenvalue weighted by atomic mass is 19.4. The third-order valence-electron chi connectivity index (χ3n) is 3.22. The summed E-state index contributed by atoms with van der Waals surface area (Å²) in [6, 6.07) is 0. The summed E-state index contributed by atoms with van der Waals surface area (Å²) in [5.41, 5.74) is -7.55. The summed E-state index contributed by atoms with van der Waals surface area (Å²) in [5.74, 6) is 0. The van der Waals surface area contributed by atoms with Crippen molar-refractivity contribution >= 4 is 21.5 Å². The molecule has 2 heterocycles. The van der Waals surface area contributed by atoms with E-state index in [1.165, 1.54) is 0 Å². The smallest absolute Gasteiger partial charge is 0.386 e. The fourth-order valence-electron chi connectivity index (χ4n) is 2.45. The monoisotopic (exact) mass is 300 g/mol. The summed E-state index contributed by atoms with van der Waals surface area (Å²) in [6.45, 7) is 1.14. The predicted octanol–water partition coefficient (Wildman–Crippen LogP) is 0.823. The van der Waals surface area contributed by atoms with Crippen molar-refractivity contribution < 1.29 is 22.0 Å². The lowest BCUT2D eigenvalue weighted by Gasteiger charge is -2.08. The molecule has 0 saturated carbocycles. The molecule has 0 saturated heterocycles. The number of halogens is 3. The molecule has 0 aliphatic rings. The lowest BCUT2D eigenvalue weighted by molar-refractivity contribution is -0.135. The van der Waals surface area contributed by atoms with Gasteiger partial charge in [-0.25, -0.2) is 19.2 Å². The molecule has 0 amide bonds. The van der Waals surface area contributed by atoms with Gasteiger partial charge in [-0.3, -0.25) is 0 Å². The number of furan rings is 2. The highest BCUT2D eigenvalue weighted by Crippen LogP contribution is 2.38. The third-order valence-corrected chi connectivity index (χ3v) is 3.22. The van der Waals surface area contributed by atoms with Crippen molar-refractivity contribution in [3.8, 4) is 0 Å². The van der Waals surface area contributed by atoms with Crippen molar-refractivity contribution in [3.63, 3.8) is 0 Å². The molecule has 0 aliphatic heterocycles. The van der Waals surface area contributed by atoms with E-state index >= 15 is 0 Å². The molecular weight excluding hydrogens is 297 g/mol. The quantitative estimate of drug-likeness (QED) is 0.610. The Bertz CT molecular complexity index is 1030. The van der Waals surface area contributed by atoms with Crippen LogP contribution in [0.2, 0.25) is 0 Å². The molecule has 6 nitrogen and oxygen atoms in total. The van der Waals surface area contributed by atoms with Crippen LogP contribution in [0.25, 0.3) is 21.5 Å². The fourth-order valence-corrected chi connectivity index (χ4v) is 2.45. The first-order valence-electron chi connectivity index (χ1n) is 5.45. The summed E-state index contributed by atoms with van der Waals surface area (Å²) in [5, 5.41) is -3.46. The second kappa shape index (κ2) is 3.68. The number of benzene rings is 1. The van der Waals surface area contributed by atoms with Gasteiger partial charge in [0.2, 0.25) is 0 Å². The first-order chi connectivity index (χ1) is 9.64. The minimum absolute atomic E-state index is 0.250. The molecule has 2 aromatic heterocycles. The molecule has 21 heavy (non-hydrogen) atoms. The Balaban J connectivity index is 2.91. The van der Waals surface area contributed by atoms with Crippen molar-refractivity contribution in [2.24, 2.45) is 0 Å². The van der Waals surface area contributed by atoms with Crippen molar-refractivity contribution in [3.05, 3.63) is 52.8 Å². The number of hydrogen-bond donors (Lipinski definition) is 0. The highest BCUT2D eigenvalue weighted by Gasteiger charge is 2.40. The summed E-state index contributed by atoms with van der Waals surface area (Å²) >= 11 is 0. The average molecular weight is 300 g/mol. The van der Waals surface area contributed by atoms with E-state index in [0.717, 1.165) is 6.92 Å². The molecule has 0 spiro atoms. The van der Waals surface area contributed by atoms with Crippen LogP contribution in [0, 0.1) is 6.92 Å². The van der Waals surface area contributed by atoms with E-state index < -0.39 is 55.8 Å². The van der Waals surface area contributed by atoms with Crippen LogP contribution in [-0.4, -0.2) is 0 Å². The van der Waals surface area contributed by atoms with Gasteiger partial charge in [0.1, 0.15) is 0 Å². The van der Waals surface area contributed by atoms with E-state index in [0.29, 0.717) is 0 Å². The van der Waals surface area contributed by atoms with Gasteiger partial charge in [0.05, 0.1) is 27.1 Å². The number of alkyl halides is 3. The van der Waals surface area contributed by atoms with Gasteiger partial charge < -0.3 is 8.83 Å². The van der Waals surface area contributed by atoms with Gasteiger partial charge in [0.25, 0.3) is 0 Å². The maximum absolute atomic E-state index is 13.2. The molecule has 0 atom stereocenters. The number of rotatable bonds is 0. The number of hydrogen-bond acceptors (Lipinski definition) is 6. The fraction of sp³-hybridized carbons (Fsp3) is 0.167. The maximum Gasteiger partial charge on any atom is 0.418 e. The minimum Gasteiger partial charge on any atom is -0.386 e. The standard InChI is InChI=1S/C12H3F3O6/c1-2-3-5(10(18)20-8(3)16)7(12(13,14)15)6-4(2)9(17)21-11(6)19/h1H3. The Kier molecular flexibility index (Phi) is 2.33. The van der Waals surface area contributed by atoms with E-state index in [9.17, 15) is 32.3 Å². The largest absolute Gasteiger partial charge is 0.418 e. The molecule has 108 valence electrons. The van der Waals surface area contributed by atoms with Crippen LogP contribution in [0.3, 0.4) is 0 Å². The molecule has 0 unspecified atom stereocenters. The minimum atomic E-state index is -5.14. The van der Waals surface area contributed by atoms with Gasteiger partial charge in [0.15, 0.2) is 0 Å². The number of fused-ring (bicyclic) bond motifs is 2. The first kappa shape index (κ1) is 13.3. The van der Waals surface area contributed by atoms with Gasteiger partial charge in [0, 0.05) is 0 Å². The molecule has 9 heteroatoms. The van der Waals surface area contributed by atoms with Crippen molar-refractivity contribution in [2.45, 2.75) is 13.1 Å². The second-order valence-electron chi connectivity index (χ2n) is 4.35. The lowest BCUT2D eigenvalue weighted by atomic mass is 9.97. The van der Waals surface area contributed by atoms with Gasteiger partial charge in [-0.05, 0) is 12.5 Å². The topological polar surface area (TPSA) is 94.6 Å². The zero-order chi connectivity index (χ0) is 15.7. The molecule has 0 fully saturated rings. The Morgan fingerprint density at radius 3 is 1.38 bits per heavy atom. The van der Waals surface area contributed by atoms with Gasteiger partial charge in [-0.2, -0.15) is 13.2 Å². The highest BCUT2D eigenvalue weighted by molar-refractivity contribution is 6.04. The summed E-state index contributed by atoms with van der Waals surface area (Å²) < 4.78 is 47.9. The molecule has 0 N–H and O–H groups in total. The number of aryl methyl sites for hydroxylation is 1. The van der Waals surface area contributed by atoms with Crippen LogP contribution < -0.4 is 22.5 Å². The zero-order valence-corrected chi connectivity index (χ0v) is 10.1. The molecule has 0 radical (unpaired) electrons. The molecule has 0 aliphatic carbocycles. The molecule has 3 aromatic rings. The van der Waals surface area contributed by atoms with E-state index in [1.807, 2.05) is 0 Å². The van der Waals surface area contributed by atoms with Crippen molar-refractivity contribution in [1.29, 1.82) is 0 Å². The lowest BCUT2D eigenvalue weighted by Crippen LogP contribution is -2.14. The van der Waals surface area contributed by atoms with Crippen molar-refractivity contribution in [1.82, 2.24) is 0 Å². The van der Waals surface area contributed by atoms with E-state index in [1.54, 1.807) is 0 Å². The van der Waals surface area contributed by atoms with Gasteiger partial charge in [-0.15, -0.1) is 0 Å². The van der Waals surface area contributed by atoms with Crippen LogP contribution in [0.4, 0.5) is 13.2 Å². The summed E-state index contributed by atoms with van der Waals surface area (Å²) in [4.78, 5) is 46.0. The summed E-state index contributed by atoms with van der Waals surface area (Å²) in [7, 11) is 0. The Morgan fingerprint density at radius 1 is 0.714 bits per heavy atom. The van der Waals surface area contributed by atoms with Crippen LogP contribution in [0.5, 0.6) is 0 Å². The van der Waals surface area contributed by atoms with Crippen LogP contribution in [0.15, 0.2) is 28.0 Å². The van der Waals surface area contributed by atoms with Crippen LogP contribution in [0.1, 0.15) is 11.1 Å². The van der Waals surface area contributed by atoms with Crippen molar-refractivity contribution in [2.75, 3.05) is 0 Å². The summed E-state index contributed by atoms with van der Waals surface area (Å²) in [6.07, 6.45) is -5.14. The predicted molar refractivity (Wildman–Crippen MR) is 63.2 cm³/mol. The zero-order valence-electron chi connectivity index (χ0n) is 10.1. The molecule has 0 bridgehead atoms. The first-order valence-corrected chi connectivity index (χ1v) is 5.45. The Labute approximate surface area is 110 Å². The SMILES string of the molecule is Cc1c2c(=O)oc(=O)c2c(C(F)(F)F)c2c(=O)oc(=O)c12. The van der Waals surface area contributed by atoms with E-state index in [4.69, 9.17) is 0 Å². The van der Waals surface area contributed by atoms with Crippen LogP contribution >= 0.6 is 0 Å². The van der Waals surface area contributed by atoms with E-state index in [-0.39, 0.29) is 5.56 Å². The average Bonchev–Trinajstić information content (AvgIpc) is 2.77. The molecule has 3 rings (SSSR count). The maximum atomic E-state index is 13.2. The third kappa shape index (κ3) is 1.54. The Hall–Kier alpha value is -2.71. The van der Waals surface area contributed by atoms with Crippen LogP contribution in [-0.2, 0) is 6.18 Å². The second-order valence-corrected chi connectivity index (χ2v) is 4.35. The Morgan fingerprint density at radius 2 is 1.05 bits per heavy atom. The van der Waals surface area contributed by atoms with E-state index in [2.05, 4.69) is 8.83 Å². The van der Waals surface area contributed by atoms with Gasteiger partial charge in [-0.1, -0.05) is 0 Å². The molecular formula is C12H3F3O6. The molecule has 1 aromatic carbocycles.